The van der Waals surface area contributed by atoms with Crippen LogP contribution in [0.2, 0.25) is 10.0 Å². The smallest absolute Gasteiger partial charge is 0.149 e. The van der Waals surface area contributed by atoms with Gasteiger partial charge in [0, 0.05) is 21.1 Å². The van der Waals surface area contributed by atoms with Gasteiger partial charge in [0.05, 0.1) is 5.02 Å². The van der Waals surface area contributed by atoms with Gasteiger partial charge in [-0.3, -0.25) is 0 Å². The summed E-state index contributed by atoms with van der Waals surface area (Å²) < 4.78 is 14.4. The summed E-state index contributed by atoms with van der Waals surface area (Å²) >= 11 is 15.0. The van der Waals surface area contributed by atoms with Gasteiger partial charge in [0.25, 0.3) is 0 Å². The zero-order valence-electron chi connectivity index (χ0n) is 7.79. The molecule has 2 rings (SSSR count). The molecule has 1 aromatic rings. The Morgan fingerprint density at radius 1 is 1.47 bits per heavy atom. The van der Waals surface area contributed by atoms with Crippen molar-refractivity contribution in [2.45, 2.75) is 18.9 Å². The van der Waals surface area contributed by atoms with Crippen molar-refractivity contribution in [2.24, 2.45) is 0 Å². The normalized spacial score (nSPS) is 20.9. The minimum Gasteiger partial charge on any atom is -0.310 e. The molecule has 0 aromatic heterocycles. The van der Waals surface area contributed by atoms with E-state index in [1.807, 2.05) is 0 Å². The SMILES string of the molecule is Fc1c(Cl)c(Br)cc(Cl)c1[C@H]1CCCN1. The van der Waals surface area contributed by atoms with Gasteiger partial charge in [-0.05, 0) is 41.4 Å². The molecule has 1 nitrogen and oxygen atoms in total. The minimum absolute atomic E-state index is 0.0110. The molecule has 0 spiro atoms. The molecule has 1 N–H and O–H groups in total. The lowest BCUT2D eigenvalue weighted by Crippen LogP contribution is -2.15. The lowest BCUT2D eigenvalue weighted by molar-refractivity contribution is 0.558. The van der Waals surface area contributed by atoms with E-state index in [4.69, 9.17) is 23.2 Å². The Hall–Kier alpha value is 0.170. The van der Waals surface area contributed by atoms with Crippen molar-refractivity contribution in [3.63, 3.8) is 0 Å². The van der Waals surface area contributed by atoms with Crippen LogP contribution in [0, 0.1) is 5.82 Å². The second-order valence-corrected chi connectivity index (χ2v) is 5.17. The Labute approximate surface area is 106 Å². The second kappa shape index (κ2) is 4.58. The lowest BCUT2D eigenvalue weighted by Gasteiger charge is -2.15. The minimum atomic E-state index is -0.421. The van der Waals surface area contributed by atoms with Crippen molar-refractivity contribution in [3.8, 4) is 0 Å². The van der Waals surface area contributed by atoms with E-state index in [2.05, 4.69) is 21.2 Å². The molecule has 1 atom stereocenters. The Balaban J connectivity index is 2.50. The summed E-state index contributed by atoms with van der Waals surface area (Å²) in [7, 11) is 0. The molecule has 0 aliphatic carbocycles. The molecule has 0 bridgehead atoms. The van der Waals surface area contributed by atoms with Crippen LogP contribution in [0.15, 0.2) is 10.5 Å². The summed E-state index contributed by atoms with van der Waals surface area (Å²) in [4.78, 5) is 0. The summed E-state index contributed by atoms with van der Waals surface area (Å²) in [6.07, 6.45) is 1.93. The number of hydrogen-bond acceptors (Lipinski definition) is 1. The fourth-order valence-corrected chi connectivity index (χ4v) is 2.85. The summed E-state index contributed by atoms with van der Waals surface area (Å²) in [5.74, 6) is -0.421. The maximum Gasteiger partial charge on any atom is 0.149 e. The number of halogens is 4. The number of hydrogen-bond donors (Lipinski definition) is 1. The van der Waals surface area contributed by atoms with Crippen molar-refractivity contribution < 1.29 is 4.39 Å². The molecule has 0 radical (unpaired) electrons. The van der Waals surface area contributed by atoms with Gasteiger partial charge < -0.3 is 5.32 Å². The third kappa shape index (κ3) is 2.16. The molecular formula is C10H9BrCl2FN. The highest BCUT2D eigenvalue weighted by Crippen LogP contribution is 2.38. The van der Waals surface area contributed by atoms with Crippen molar-refractivity contribution in [3.05, 3.63) is 32.0 Å². The molecule has 0 saturated carbocycles. The summed E-state index contributed by atoms with van der Waals surface area (Å²) in [6, 6.07) is 1.63. The predicted octanol–water partition coefficient (Wildman–Crippen LogP) is 4.32. The lowest BCUT2D eigenvalue weighted by atomic mass is 10.0. The van der Waals surface area contributed by atoms with Gasteiger partial charge in [0.15, 0.2) is 0 Å². The van der Waals surface area contributed by atoms with Gasteiger partial charge in [-0.25, -0.2) is 4.39 Å². The van der Waals surface area contributed by atoms with Crippen LogP contribution in [-0.2, 0) is 0 Å². The summed E-state index contributed by atoms with van der Waals surface area (Å²) in [6.45, 7) is 0.897. The topological polar surface area (TPSA) is 12.0 Å². The van der Waals surface area contributed by atoms with Crippen LogP contribution in [0.3, 0.4) is 0 Å². The molecule has 1 fully saturated rings. The van der Waals surface area contributed by atoms with Crippen LogP contribution in [0.25, 0.3) is 0 Å². The molecule has 0 unspecified atom stereocenters. The Bertz CT molecular complexity index is 391. The first-order valence-corrected chi connectivity index (χ1v) is 6.22. The van der Waals surface area contributed by atoms with Crippen LogP contribution in [-0.4, -0.2) is 6.54 Å². The molecule has 82 valence electrons. The number of nitrogens with one attached hydrogen (secondary N) is 1. The quantitative estimate of drug-likeness (QED) is 0.601. The van der Waals surface area contributed by atoms with E-state index in [0.29, 0.717) is 15.1 Å². The van der Waals surface area contributed by atoms with E-state index < -0.39 is 5.82 Å². The Kier molecular flexibility index (Phi) is 3.56. The molecule has 1 aromatic carbocycles. The highest BCUT2D eigenvalue weighted by atomic mass is 79.9. The van der Waals surface area contributed by atoms with E-state index in [9.17, 15) is 4.39 Å². The third-order valence-corrected chi connectivity index (χ3v) is 4.09. The molecule has 15 heavy (non-hydrogen) atoms. The highest BCUT2D eigenvalue weighted by Gasteiger charge is 2.25. The maximum absolute atomic E-state index is 13.9. The Morgan fingerprint density at radius 2 is 2.20 bits per heavy atom. The predicted molar refractivity (Wildman–Crippen MR) is 64.1 cm³/mol. The van der Waals surface area contributed by atoms with Gasteiger partial charge in [-0.1, -0.05) is 23.2 Å². The van der Waals surface area contributed by atoms with Crippen molar-refractivity contribution in [1.29, 1.82) is 0 Å². The van der Waals surface area contributed by atoms with Gasteiger partial charge in [-0.2, -0.15) is 0 Å². The van der Waals surface area contributed by atoms with Crippen LogP contribution in [0.1, 0.15) is 24.4 Å². The first kappa shape index (κ1) is 11.6. The van der Waals surface area contributed by atoms with E-state index in [-0.39, 0.29) is 11.1 Å². The van der Waals surface area contributed by atoms with Gasteiger partial charge in [0.2, 0.25) is 0 Å². The zero-order chi connectivity index (χ0) is 11.0. The van der Waals surface area contributed by atoms with Crippen LogP contribution < -0.4 is 5.32 Å². The van der Waals surface area contributed by atoms with Crippen molar-refractivity contribution >= 4 is 39.1 Å². The molecule has 5 heteroatoms. The maximum atomic E-state index is 13.9. The number of benzene rings is 1. The Morgan fingerprint density at radius 3 is 2.80 bits per heavy atom. The first-order chi connectivity index (χ1) is 7.11. The molecule has 1 aliphatic heterocycles. The molecular weight excluding hydrogens is 304 g/mol. The fourth-order valence-electron chi connectivity index (χ4n) is 1.83. The van der Waals surface area contributed by atoms with Crippen molar-refractivity contribution in [2.75, 3.05) is 6.54 Å². The molecule has 1 heterocycles. The zero-order valence-corrected chi connectivity index (χ0v) is 10.9. The summed E-state index contributed by atoms with van der Waals surface area (Å²) in [5, 5.41) is 3.72. The average Bonchev–Trinajstić information content (AvgIpc) is 2.68. The van der Waals surface area contributed by atoms with E-state index in [1.54, 1.807) is 6.07 Å². The highest BCUT2D eigenvalue weighted by molar-refractivity contribution is 9.10. The standard InChI is InChI=1S/C10H9BrCl2FN/c11-5-4-6(12)8(10(14)9(5)13)7-2-1-3-15-7/h4,7,15H,1-3H2/t7-/m1/s1. The molecule has 0 amide bonds. The van der Waals surface area contributed by atoms with Crippen molar-refractivity contribution in [1.82, 2.24) is 5.32 Å². The van der Waals surface area contributed by atoms with Gasteiger partial charge in [-0.15, -0.1) is 0 Å². The van der Waals surface area contributed by atoms with Gasteiger partial charge in [0.1, 0.15) is 5.82 Å². The average molecular weight is 313 g/mol. The van der Waals surface area contributed by atoms with Crippen LogP contribution >= 0.6 is 39.1 Å². The first-order valence-electron chi connectivity index (χ1n) is 4.67. The van der Waals surface area contributed by atoms with E-state index in [1.165, 1.54) is 0 Å². The molecule has 1 saturated heterocycles. The fraction of sp³-hybridized carbons (Fsp3) is 0.400. The monoisotopic (exact) mass is 311 g/mol. The van der Waals surface area contributed by atoms with Crippen LogP contribution in [0.4, 0.5) is 4.39 Å². The second-order valence-electron chi connectivity index (χ2n) is 3.53. The van der Waals surface area contributed by atoms with Crippen LogP contribution in [0.5, 0.6) is 0 Å². The van der Waals surface area contributed by atoms with E-state index in [0.717, 1.165) is 19.4 Å². The largest absolute Gasteiger partial charge is 0.310 e. The van der Waals surface area contributed by atoms with E-state index >= 15 is 0 Å². The third-order valence-electron chi connectivity index (χ3n) is 2.56. The number of rotatable bonds is 1. The van der Waals surface area contributed by atoms with Gasteiger partial charge >= 0.3 is 0 Å². The summed E-state index contributed by atoms with van der Waals surface area (Å²) in [5.41, 5.74) is 0.488. The molecule has 1 aliphatic rings.